The molecule has 0 radical (unpaired) electrons. The molecule has 0 spiro atoms. The van der Waals surface area contributed by atoms with E-state index in [1.165, 1.54) is 0 Å². The second kappa shape index (κ2) is 7.98. The zero-order valence-corrected chi connectivity index (χ0v) is 14.2. The fourth-order valence-corrected chi connectivity index (χ4v) is 2.12. The predicted octanol–water partition coefficient (Wildman–Crippen LogP) is 3.95. The van der Waals surface area contributed by atoms with E-state index < -0.39 is 0 Å². The minimum Gasteiger partial charge on any atom is -0.457 e. The topological polar surface area (TPSA) is 89.3 Å². The van der Waals surface area contributed by atoms with Gasteiger partial charge in [-0.2, -0.15) is 0 Å². The smallest absolute Gasteiger partial charge is 0.244 e. The van der Waals surface area contributed by atoms with Gasteiger partial charge in [0, 0.05) is 30.2 Å². The minimum absolute atomic E-state index is 0.0774. The van der Waals surface area contributed by atoms with Crippen molar-refractivity contribution < 1.29 is 14.1 Å². The van der Waals surface area contributed by atoms with Crippen molar-refractivity contribution in [3.8, 4) is 11.5 Å². The van der Waals surface area contributed by atoms with E-state index in [4.69, 9.17) is 9.26 Å². The Labute approximate surface area is 150 Å². The Morgan fingerprint density at radius 1 is 1.19 bits per heavy atom. The summed E-state index contributed by atoms with van der Waals surface area (Å²) in [5, 5.41) is 9.47. The van der Waals surface area contributed by atoms with Crippen molar-refractivity contribution in [1.29, 1.82) is 0 Å². The van der Waals surface area contributed by atoms with Gasteiger partial charge in [-0.1, -0.05) is 17.8 Å². The fraction of sp³-hybridized carbons (Fsp3) is 0.105. The van der Waals surface area contributed by atoms with Gasteiger partial charge in [0.05, 0.1) is 6.54 Å². The molecule has 0 saturated carbocycles. The van der Waals surface area contributed by atoms with Crippen LogP contribution in [0, 0.1) is 0 Å². The molecule has 0 fully saturated rings. The molecule has 0 saturated heterocycles. The first-order valence-corrected chi connectivity index (χ1v) is 7.94. The number of nitrogens with one attached hydrogen (secondary N) is 2. The average Bonchev–Trinajstić information content (AvgIpc) is 3.10. The monoisotopic (exact) mass is 350 g/mol. The Morgan fingerprint density at radius 3 is 2.73 bits per heavy atom. The third kappa shape index (κ3) is 4.70. The van der Waals surface area contributed by atoms with Crippen molar-refractivity contribution in [3.05, 3.63) is 67.2 Å². The summed E-state index contributed by atoms with van der Waals surface area (Å²) < 4.78 is 10.8. The summed E-state index contributed by atoms with van der Waals surface area (Å²) in [7, 11) is 0. The fourth-order valence-electron chi connectivity index (χ4n) is 2.12. The van der Waals surface area contributed by atoms with Gasteiger partial charge < -0.3 is 19.9 Å². The van der Waals surface area contributed by atoms with Crippen molar-refractivity contribution in [2.24, 2.45) is 0 Å². The van der Waals surface area contributed by atoms with Crippen LogP contribution in [0.25, 0.3) is 5.57 Å². The largest absolute Gasteiger partial charge is 0.457 e. The third-order valence-electron chi connectivity index (χ3n) is 3.37. The number of ether oxygens (including phenoxy) is 1. The van der Waals surface area contributed by atoms with Crippen molar-refractivity contribution in [2.75, 3.05) is 17.2 Å². The molecule has 26 heavy (non-hydrogen) atoms. The summed E-state index contributed by atoms with van der Waals surface area (Å²) >= 11 is 0. The lowest BCUT2D eigenvalue weighted by Gasteiger charge is -2.09. The number of nitrogens with zero attached hydrogens (tertiary/aromatic N) is 2. The molecule has 2 N–H and O–H groups in total. The van der Waals surface area contributed by atoms with Gasteiger partial charge in [0.2, 0.25) is 5.91 Å². The number of carbonyl (C=O) groups excluding carboxylic acids is 1. The van der Waals surface area contributed by atoms with Crippen LogP contribution in [0.15, 0.2) is 66.0 Å². The van der Waals surface area contributed by atoms with E-state index in [9.17, 15) is 4.79 Å². The van der Waals surface area contributed by atoms with Crippen LogP contribution in [0.2, 0.25) is 0 Å². The first-order chi connectivity index (χ1) is 12.6. The molecule has 0 unspecified atom stereocenters. The van der Waals surface area contributed by atoms with E-state index in [0.29, 0.717) is 23.1 Å². The van der Waals surface area contributed by atoms with Gasteiger partial charge >= 0.3 is 0 Å². The van der Waals surface area contributed by atoms with Gasteiger partial charge in [-0.15, -0.1) is 0 Å². The number of hydrogen-bond donors (Lipinski definition) is 2. The molecule has 2 aromatic heterocycles. The van der Waals surface area contributed by atoms with E-state index in [-0.39, 0.29) is 12.5 Å². The molecule has 0 aliphatic carbocycles. The number of aromatic nitrogens is 2. The Hall–Kier alpha value is -3.61. The molecule has 132 valence electrons. The molecule has 3 rings (SSSR count). The van der Waals surface area contributed by atoms with Gasteiger partial charge in [0.25, 0.3) is 0 Å². The molecule has 0 atom stereocenters. The van der Waals surface area contributed by atoms with E-state index in [1.807, 2.05) is 24.3 Å². The molecule has 2 heterocycles. The second-order valence-electron chi connectivity index (χ2n) is 5.57. The number of benzene rings is 1. The number of anilines is 2. The summed E-state index contributed by atoms with van der Waals surface area (Å²) in [5.41, 5.74) is 1.50. The lowest BCUT2D eigenvalue weighted by Crippen LogP contribution is -2.21. The molecule has 7 nitrogen and oxygen atoms in total. The predicted molar refractivity (Wildman–Crippen MR) is 99.1 cm³/mol. The standard InChI is InChI=1S/C19H18N4O3/c1-13(2)17-11-18(23-26-17)22-19(24)12-21-14-4-3-5-16(10-14)25-15-6-8-20-9-7-15/h3-11,21H,1,12H2,2H3,(H,22,23,24). The number of rotatable bonds is 7. The second-order valence-corrected chi connectivity index (χ2v) is 5.57. The number of amides is 1. The van der Waals surface area contributed by atoms with Crippen LogP contribution in [0.4, 0.5) is 11.5 Å². The SMILES string of the molecule is C=C(C)c1cc(NC(=O)CNc2cccc(Oc3ccncc3)c2)no1. The quantitative estimate of drug-likeness (QED) is 0.671. The maximum atomic E-state index is 12.0. The molecular formula is C19H18N4O3. The summed E-state index contributed by atoms with van der Waals surface area (Å²) in [4.78, 5) is 16.0. The molecule has 0 aliphatic heterocycles. The highest BCUT2D eigenvalue weighted by Crippen LogP contribution is 2.23. The third-order valence-corrected chi connectivity index (χ3v) is 3.37. The summed E-state index contributed by atoms with van der Waals surface area (Å²) in [5.74, 6) is 1.99. The first-order valence-electron chi connectivity index (χ1n) is 7.94. The van der Waals surface area contributed by atoms with Crippen molar-refractivity contribution in [1.82, 2.24) is 10.1 Å². The highest BCUT2D eigenvalue weighted by atomic mass is 16.5. The minimum atomic E-state index is -0.243. The van der Waals surface area contributed by atoms with Gasteiger partial charge in [-0.05, 0) is 36.8 Å². The van der Waals surface area contributed by atoms with Crippen LogP contribution in [0.3, 0.4) is 0 Å². The van der Waals surface area contributed by atoms with E-state index in [1.54, 1.807) is 37.5 Å². The lowest BCUT2D eigenvalue weighted by atomic mass is 10.3. The average molecular weight is 350 g/mol. The van der Waals surface area contributed by atoms with Crippen LogP contribution in [0.1, 0.15) is 12.7 Å². The highest BCUT2D eigenvalue weighted by molar-refractivity contribution is 5.93. The van der Waals surface area contributed by atoms with Crippen LogP contribution >= 0.6 is 0 Å². The number of carbonyl (C=O) groups is 1. The Kier molecular flexibility index (Phi) is 5.28. The zero-order valence-electron chi connectivity index (χ0n) is 14.2. The summed E-state index contributed by atoms with van der Waals surface area (Å²) in [6.45, 7) is 5.64. The first kappa shape index (κ1) is 17.2. The highest BCUT2D eigenvalue weighted by Gasteiger charge is 2.08. The number of allylic oxidation sites excluding steroid dienone is 1. The number of pyridine rings is 1. The van der Waals surface area contributed by atoms with E-state index in [2.05, 4.69) is 27.4 Å². The Morgan fingerprint density at radius 2 is 2.00 bits per heavy atom. The Bertz CT molecular complexity index is 906. The summed E-state index contributed by atoms with van der Waals surface area (Å²) in [6.07, 6.45) is 3.32. The summed E-state index contributed by atoms with van der Waals surface area (Å²) in [6, 6.07) is 12.5. The van der Waals surface area contributed by atoms with Crippen molar-refractivity contribution in [2.45, 2.75) is 6.92 Å². The van der Waals surface area contributed by atoms with Crippen LogP contribution in [-0.2, 0) is 4.79 Å². The van der Waals surface area contributed by atoms with Crippen molar-refractivity contribution >= 4 is 23.0 Å². The number of hydrogen-bond acceptors (Lipinski definition) is 6. The van der Waals surface area contributed by atoms with Gasteiger partial charge in [0.1, 0.15) is 11.5 Å². The van der Waals surface area contributed by atoms with Gasteiger partial charge in [-0.3, -0.25) is 9.78 Å². The molecule has 1 aromatic carbocycles. The van der Waals surface area contributed by atoms with E-state index in [0.717, 1.165) is 11.3 Å². The van der Waals surface area contributed by atoms with Gasteiger partial charge in [-0.25, -0.2) is 0 Å². The zero-order chi connectivity index (χ0) is 18.4. The van der Waals surface area contributed by atoms with Gasteiger partial charge in [0.15, 0.2) is 11.6 Å². The molecule has 3 aromatic rings. The molecule has 7 heteroatoms. The van der Waals surface area contributed by atoms with Crippen LogP contribution in [-0.4, -0.2) is 22.6 Å². The van der Waals surface area contributed by atoms with Crippen molar-refractivity contribution in [3.63, 3.8) is 0 Å². The van der Waals surface area contributed by atoms with E-state index >= 15 is 0 Å². The van der Waals surface area contributed by atoms with Crippen LogP contribution in [0.5, 0.6) is 11.5 Å². The molecule has 1 amide bonds. The lowest BCUT2D eigenvalue weighted by molar-refractivity contribution is -0.114. The normalized spacial score (nSPS) is 10.2. The molecule has 0 aliphatic rings. The maximum Gasteiger partial charge on any atom is 0.244 e. The molecular weight excluding hydrogens is 332 g/mol. The molecule has 0 bridgehead atoms. The Balaban J connectivity index is 1.54. The van der Waals surface area contributed by atoms with Crippen LogP contribution < -0.4 is 15.4 Å². The maximum absolute atomic E-state index is 12.0.